The maximum absolute atomic E-state index is 15.2. The summed E-state index contributed by atoms with van der Waals surface area (Å²) >= 11 is 0. The second-order valence-electron chi connectivity index (χ2n) is 27.6. The Morgan fingerprint density at radius 1 is 0.513 bits per heavy atom. The zero-order valence-electron chi connectivity index (χ0n) is 65.7. The number of carbonyl (C=O) groups is 15. The number of amides is 13. The Kier molecular flexibility index (Phi) is 46.0. The fraction of sp³-hybridized carbons (Fsp3) is 0.589. The molecule has 0 spiro atoms. The van der Waals surface area contributed by atoms with Gasteiger partial charge in [0.15, 0.2) is 17.9 Å². The van der Waals surface area contributed by atoms with Crippen molar-refractivity contribution in [3.05, 3.63) is 71.8 Å². The number of hydrogen-bond acceptors (Lipinski definition) is 21. The van der Waals surface area contributed by atoms with Gasteiger partial charge in [-0.05, 0) is 87.8 Å². The Bertz CT molecular complexity index is 3630. The largest absolute Gasteiger partial charge is 0.481 e. The van der Waals surface area contributed by atoms with Crippen LogP contribution in [0.25, 0.3) is 0 Å². The van der Waals surface area contributed by atoms with E-state index in [4.69, 9.17) is 40.1 Å². The topological polar surface area (TPSA) is 672 Å². The van der Waals surface area contributed by atoms with E-state index in [1.807, 2.05) is 0 Å². The molecule has 1 fully saturated rings. The molecule has 0 aromatic heterocycles. The molecule has 115 heavy (non-hydrogen) atoms. The van der Waals surface area contributed by atoms with Crippen LogP contribution in [0.2, 0.25) is 0 Å². The molecule has 0 aliphatic carbocycles. The van der Waals surface area contributed by atoms with E-state index in [9.17, 15) is 72.5 Å². The van der Waals surface area contributed by atoms with Gasteiger partial charge in [-0.15, -0.1) is 0 Å². The minimum Gasteiger partial charge on any atom is -0.481 e. The summed E-state index contributed by atoms with van der Waals surface area (Å²) < 4.78 is 0. The SMILES string of the molecule is CC[C@H](C)[C@@H]1NC(=O)[C@@H](CCCN=C(N)N)NC(=O)CNC(=O)CNC(=O)[C@@H](Cc2ccccc2)NC(=O)[C@H](C)NC(=O)[C@H](NC(=O)CCCCCCCN)CSSC[C@H](C(=O)N[C@H](Cc2ccccc2)C(=O)N[C@H](CCCN=C(N)N)C(=O)O)NC(=O)[C@@H]([C@@H](C)CC)NC(=O)[C@H](CCCN=C(N)N)NC(=O)[C@@H](CC(=O)O)NC1=O. The lowest BCUT2D eigenvalue weighted by atomic mass is 9.96. The lowest BCUT2D eigenvalue weighted by molar-refractivity contribution is -0.142. The average Bonchev–Trinajstić information content (AvgIpc) is 0.858. The minimum absolute atomic E-state index is 0.00833. The summed E-state index contributed by atoms with van der Waals surface area (Å²) in [6, 6.07) is -0.606. The highest BCUT2D eigenvalue weighted by Crippen LogP contribution is 2.25. The maximum Gasteiger partial charge on any atom is 0.326 e. The second kappa shape index (κ2) is 53.9. The zero-order valence-corrected chi connectivity index (χ0v) is 67.3. The van der Waals surface area contributed by atoms with E-state index in [1.54, 1.807) is 88.4 Å². The quantitative estimate of drug-likeness (QED) is 0.0134. The first-order valence-electron chi connectivity index (χ1n) is 38.2. The molecule has 1 saturated heterocycles. The molecular weight excluding hydrogens is 1540 g/mol. The van der Waals surface area contributed by atoms with Crippen molar-refractivity contribution in [1.29, 1.82) is 0 Å². The predicted molar refractivity (Wildman–Crippen MR) is 433 cm³/mol. The lowest BCUT2D eigenvalue weighted by Gasteiger charge is -2.30. The summed E-state index contributed by atoms with van der Waals surface area (Å²) in [4.78, 5) is 224. The number of aliphatic imine (C=N–C) groups is 3. The van der Waals surface area contributed by atoms with E-state index >= 15 is 9.59 Å². The van der Waals surface area contributed by atoms with Gasteiger partial charge < -0.3 is 119 Å². The fourth-order valence-corrected chi connectivity index (χ4v) is 13.7. The van der Waals surface area contributed by atoms with Crippen LogP contribution in [0.3, 0.4) is 0 Å². The van der Waals surface area contributed by atoms with Crippen LogP contribution in [0.15, 0.2) is 75.6 Å². The monoisotopic (exact) mass is 1650 g/mol. The van der Waals surface area contributed by atoms with Crippen molar-refractivity contribution in [2.75, 3.05) is 50.8 Å². The molecule has 2 aromatic rings. The molecule has 0 bridgehead atoms. The Hall–Kier alpha value is -11.0. The van der Waals surface area contributed by atoms with E-state index in [2.05, 4.69) is 84.1 Å². The standard InChI is InChI=1S/C73H117N23O17S2/c1-6-41(3)58-68(110)93-51(36-57(100)101)65(107)89-47(27-20-32-82-72(77)78)63(105)96-59(42(4)7-2)69(111)94-53(67(109)92-50(35-45-24-15-12-16-25-45)64(106)90-48(70(112)113)28-21-33-83-73(79)80)40-115-114-39-52(88-54(97)29-17-9-8-10-18-30-74)66(108)86-43(5)60(102)91-49(34-44-22-13-11-14-23-44)61(103)85-37-55(98)84-38-56(99)87-46(62(104)95-58)26-19-31-81-71(75)76/h11-16,22-25,41-43,46-53,58-59H,6-10,17-21,26-40,74H2,1-5H3,(H,84,98)(H,85,103)(H,86,108)(H,87,99)(H,88,97)(H,89,107)(H,90,106)(H,91,102)(H,92,109)(H,93,110)(H,94,111)(H,95,104)(H,96,105)(H,100,101)(H,112,113)(H4,75,76,81)(H4,77,78,82)(H4,79,80,83)/t41-,42-,43-,46+,47-,48+,49+,50+,51+,52+,53+,58-,59+/m0/s1. The molecule has 638 valence electrons. The van der Waals surface area contributed by atoms with Crippen molar-refractivity contribution in [2.45, 2.75) is 210 Å². The first-order valence-corrected chi connectivity index (χ1v) is 40.6. The number of benzene rings is 2. The summed E-state index contributed by atoms with van der Waals surface area (Å²) in [6.45, 7) is 6.56. The van der Waals surface area contributed by atoms with Gasteiger partial charge in [0, 0.05) is 50.4 Å². The number of rotatable bonds is 35. The fourth-order valence-electron chi connectivity index (χ4n) is 11.3. The smallest absolute Gasteiger partial charge is 0.326 e. The lowest BCUT2D eigenvalue weighted by Crippen LogP contribution is -2.62. The molecule has 13 atom stereocenters. The molecule has 1 aliphatic heterocycles. The Morgan fingerprint density at radius 3 is 1.56 bits per heavy atom. The summed E-state index contributed by atoms with van der Waals surface area (Å²) in [5.74, 6) is -18.6. The van der Waals surface area contributed by atoms with Crippen LogP contribution < -0.4 is 109 Å². The number of guanidine groups is 3. The van der Waals surface area contributed by atoms with Crippen LogP contribution in [-0.2, 0) is 84.8 Å². The van der Waals surface area contributed by atoms with Crippen molar-refractivity contribution in [3.63, 3.8) is 0 Å². The van der Waals surface area contributed by atoms with E-state index in [0.717, 1.165) is 40.9 Å². The predicted octanol–water partition coefficient (Wildman–Crippen LogP) is -4.44. The third kappa shape index (κ3) is 39.5. The van der Waals surface area contributed by atoms with Crippen molar-refractivity contribution in [3.8, 4) is 0 Å². The normalized spacial score (nSPS) is 21.5. The number of nitrogens with one attached hydrogen (secondary N) is 13. The molecule has 42 heteroatoms. The van der Waals surface area contributed by atoms with Crippen LogP contribution >= 0.6 is 21.6 Å². The molecule has 13 amide bonds. The van der Waals surface area contributed by atoms with Crippen molar-refractivity contribution in [1.82, 2.24) is 69.1 Å². The highest BCUT2D eigenvalue weighted by atomic mass is 33.1. The first kappa shape index (κ1) is 98.2. The van der Waals surface area contributed by atoms with E-state index < -0.39 is 192 Å². The number of nitrogens with zero attached hydrogens (tertiary/aromatic N) is 3. The molecule has 0 radical (unpaired) electrons. The molecule has 29 N–H and O–H groups in total. The number of carboxylic acids is 2. The van der Waals surface area contributed by atoms with Crippen LogP contribution in [-0.4, -0.2) is 234 Å². The van der Waals surface area contributed by atoms with Gasteiger partial charge in [-0.3, -0.25) is 82.1 Å². The van der Waals surface area contributed by atoms with Gasteiger partial charge in [0.05, 0.1) is 19.5 Å². The second-order valence-corrected chi connectivity index (χ2v) is 30.2. The summed E-state index contributed by atoms with van der Waals surface area (Å²) in [6.07, 6.45) is 1.74. The number of nitrogens with two attached hydrogens (primary N) is 7. The van der Waals surface area contributed by atoms with Crippen LogP contribution in [0.4, 0.5) is 0 Å². The van der Waals surface area contributed by atoms with Gasteiger partial charge in [0.1, 0.15) is 66.5 Å². The van der Waals surface area contributed by atoms with Crippen LogP contribution in [0.5, 0.6) is 0 Å². The third-order valence-electron chi connectivity index (χ3n) is 18.2. The first-order chi connectivity index (χ1) is 54.7. The third-order valence-corrected chi connectivity index (χ3v) is 20.7. The summed E-state index contributed by atoms with van der Waals surface area (Å²) in [5, 5.41) is 53.7. The Morgan fingerprint density at radius 2 is 1.01 bits per heavy atom. The van der Waals surface area contributed by atoms with Crippen LogP contribution in [0.1, 0.15) is 142 Å². The maximum atomic E-state index is 15.2. The van der Waals surface area contributed by atoms with Gasteiger partial charge in [0.2, 0.25) is 76.8 Å². The Balaban J connectivity index is 2.34. The molecule has 1 heterocycles. The van der Waals surface area contributed by atoms with Crippen molar-refractivity contribution in [2.24, 2.45) is 66.9 Å². The highest BCUT2D eigenvalue weighted by Gasteiger charge is 2.39. The van der Waals surface area contributed by atoms with Gasteiger partial charge in [-0.25, -0.2) is 4.79 Å². The number of carboxylic acid groups (broad SMARTS) is 2. The number of hydrogen-bond donors (Lipinski definition) is 22. The molecule has 1 aliphatic rings. The highest BCUT2D eigenvalue weighted by molar-refractivity contribution is 8.76. The van der Waals surface area contributed by atoms with Crippen molar-refractivity contribution >= 4 is 128 Å². The summed E-state index contributed by atoms with van der Waals surface area (Å²) in [7, 11) is 1.82. The van der Waals surface area contributed by atoms with E-state index in [-0.39, 0.29) is 114 Å². The molecule has 2 aromatic carbocycles. The van der Waals surface area contributed by atoms with Gasteiger partial charge >= 0.3 is 11.9 Å². The average molecular weight is 1650 g/mol. The van der Waals surface area contributed by atoms with Gasteiger partial charge in [-0.1, -0.05) is 142 Å². The summed E-state index contributed by atoms with van der Waals surface area (Å²) in [5.41, 5.74) is 40.0. The molecule has 0 unspecified atom stereocenters. The zero-order chi connectivity index (χ0) is 85.5. The molecule has 40 nitrogen and oxygen atoms in total. The minimum atomic E-state index is -1.99. The molecule has 0 saturated carbocycles. The number of aliphatic carboxylic acids is 2. The molecular formula is C73H117N23O17S2. The van der Waals surface area contributed by atoms with Crippen molar-refractivity contribution < 1.29 is 82.1 Å². The van der Waals surface area contributed by atoms with Crippen LogP contribution in [0, 0.1) is 11.8 Å². The molecule has 3 rings (SSSR count). The number of unbranched alkanes of at least 4 members (excludes halogenated alkanes) is 4. The van der Waals surface area contributed by atoms with E-state index in [1.165, 1.54) is 6.92 Å². The Labute approximate surface area is 676 Å². The van der Waals surface area contributed by atoms with Gasteiger partial charge in [0.25, 0.3) is 0 Å². The van der Waals surface area contributed by atoms with Gasteiger partial charge in [-0.2, -0.15) is 0 Å². The number of carbonyl (C=O) groups excluding carboxylic acids is 13. The van der Waals surface area contributed by atoms with E-state index in [0.29, 0.717) is 30.5 Å².